The van der Waals surface area contributed by atoms with Crippen molar-refractivity contribution in [1.29, 1.82) is 0 Å². The van der Waals surface area contributed by atoms with Crippen molar-refractivity contribution < 1.29 is 14.2 Å². The zero-order chi connectivity index (χ0) is 18.6. The fourth-order valence-corrected chi connectivity index (χ4v) is 2.73. The molecule has 0 aliphatic heterocycles. The Hall–Kier alpha value is -1.62. The molecule has 0 saturated carbocycles. The van der Waals surface area contributed by atoms with Crippen LogP contribution in [-0.2, 0) is 4.74 Å². The Balaban J connectivity index is 1.58. The average molecular weight is 398 g/mol. The van der Waals surface area contributed by atoms with Crippen molar-refractivity contribution >= 4 is 28.9 Å². The number of hydrogen-bond acceptors (Lipinski definition) is 4. The summed E-state index contributed by atoms with van der Waals surface area (Å²) < 4.78 is 16.5. The van der Waals surface area contributed by atoms with Crippen LogP contribution in [0.4, 0.5) is 5.69 Å². The number of ether oxygens (including phenoxy) is 3. The van der Waals surface area contributed by atoms with Crippen LogP contribution >= 0.6 is 23.2 Å². The van der Waals surface area contributed by atoms with Crippen LogP contribution in [0.5, 0.6) is 11.5 Å². The van der Waals surface area contributed by atoms with Crippen molar-refractivity contribution in [2.24, 2.45) is 0 Å². The lowest BCUT2D eigenvalue weighted by Gasteiger charge is -2.10. The van der Waals surface area contributed by atoms with Crippen LogP contribution in [0.1, 0.15) is 19.8 Å². The molecule has 2 aromatic carbocycles. The molecular weight excluding hydrogens is 373 g/mol. The highest BCUT2D eigenvalue weighted by Crippen LogP contribution is 2.27. The van der Waals surface area contributed by atoms with Crippen molar-refractivity contribution in [3.05, 3.63) is 52.5 Å². The van der Waals surface area contributed by atoms with Gasteiger partial charge in [0.1, 0.15) is 18.1 Å². The molecule has 0 unspecified atom stereocenters. The fourth-order valence-electron chi connectivity index (χ4n) is 2.27. The van der Waals surface area contributed by atoms with Gasteiger partial charge in [0.15, 0.2) is 0 Å². The van der Waals surface area contributed by atoms with Gasteiger partial charge in [0, 0.05) is 23.9 Å². The molecule has 2 rings (SSSR count). The summed E-state index contributed by atoms with van der Waals surface area (Å²) in [5.74, 6) is 1.52. The highest BCUT2D eigenvalue weighted by molar-refractivity contribution is 6.35. The maximum Gasteiger partial charge on any atom is 0.137 e. The summed E-state index contributed by atoms with van der Waals surface area (Å²) >= 11 is 11.9. The fraction of sp³-hybridized carbons (Fsp3) is 0.400. The number of benzene rings is 2. The van der Waals surface area contributed by atoms with Crippen LogP contribution in [0.2, 0.25) is 10.0 Å². The van der Waals surface area contributed by atoms with Crippen molar-refractivity contribution in [3.63, 3.8) is 0 Å². The first-order valence-electron chi connectivity index (χ1n) is 8.81. The van der Waals surface area contributed by atoms with Crippen LogP contribution in [0, 0.1) is 0 Å². The smallest absolute Gasteiger partial charge is 0.137 e. The Morgan fingerprint density at radius 3 is 2.42 bits per heavy atom. The van der Waals surface area contributed by atoms with E-state index in [4.69, 9.17) is 37.4 Å². The van der Waals surface area contributed by atoms with E-state index in [1.54, 1.807) is 18.2 Å². The molecule has 0 fully saturated rings. The molecule has 0 aromatic heterocycles. The Kier molecular flexibility index (Phi) is 9.46. The van der Waals surface area contributed by atoms with Crippen LogP contribution in [0.25, 0.3) is 0 Å². The second kappa shape index (κ2) is 11.9. The number of nitrogens with one attached hydrogen (secondary N) is 1. The number of halogens is 2. The van der Waals surface area contributed by atoms with E-state index in [0.717, 1.165) is 30.8 Å². The minimum absolute atomic E-state index is 0.541. The number of rotatable bonds is 12. The second-order valence-corrected chi connectivity index (χ2v) is 6.47. The first-order chi connectivity index (χ1) is 12.7. The summed E-state index contributed by atoms with van der Waals surface area (Å²) in [7, 11) is 0. The van der Waals surface area contributed by atoms with Crippen LogP contribution in [-0.4, -0.2) is 33.0 Å². The molecule has 0 heterocycles. The van der Waals surface area contributed by atoms with Gasteiger partial charge in [0.25, 0.3) is 0 Å². The van der Waals surface area contributed by atoms with Gasteiger partial charge >= 0.3 is 0 Å². The third-order valence-electron chi connectivity index (χ3n) is 3.61. The Morgan fingerprint density at radius 2 is 1.69 bits per heavy atom. The summed E-state index contributed by atoms with van der Waals surface area (Å²) in [6.45, 7) is 5.36. The molecular formula is C20H25Cl2NO3. The topological polar surface area (TPSA) is 39.7 Å². The predicted octanol–water partition coefficient (Wildman–Crippen LogP) is 5.68. The lowest BCUT2D eigenvalue weighted by molar-refractivity contribution is 0.110. The molecule has 142 valence electrons. The van der Waals surface area contributed by atoms with Gasteiger partial charge in [-0.1, -0.05) is 23.2 Å². The maximum absolute atomic E-state index is 6.07. The highest BCUT2D eigenvalue weighted by Gasteiger charge is 2.02. The highest BCUT2D eigenvalue weighted by atomic mass is 35.5. The van der Waals surface area contributed by atoms with Crippen molar-refractivity contribution in [2.75, 3.05) is 38.3 Å². The molecule has 0 aliphatic rings. The van der Waals surface area contributed by atoms with Gasteiger partial charge in [-0.3, -0.25) is 0 Å². The second-order valence-electron chi connectivity index (χ2n) is 5.63. The standard InChI is InChI=1S/C20H25Cl2NO3/c1-2-24-13-14-25-18-8-6-17(7-9-18)23-11-3-4-12-26-20-10-5-16(21)15-19(20)22/h5-10,15,23H,2-4,11-14H2,1H3. The summed E-state index contributed by atoms with van der Waals surface area (Å²) in [5, 5.41) is 4.54. The molecule has 0 spiro atoms. The molecule has 0 aliphatic carbocycles. The molecule has 26 heavy (non-hydrogen) atoms. The average Bonchev–Trinajstić information content (AvgIpc) is 2.64. The third kappa shape index (κ3) is 7.73. The molecule has 1 N–H and O–H groups in total. The Bertz CT molecular complexity index is 650. The minimum atomic E-state index is 0.541. The van der Waals surface area contributed by atoms with Crippen LogP contribution < -0.4 is 14.8 Å². The maximum atomic E-state index is 6.07. The molecule has 4 nitrogen and oxygen atoms in total. The molecule has 0 atom stereocenters. The lowest BCUT2D eigenvalue weighted by atomic mass is 10.2. The summed E-state index contributed by atoms with van der Waals surface area (Å²) in [6, 6.07) is 13.2. The van der Waals surface area contributed by atoms with Gasteiger partial charge in [-0.25, -0.2) is 0 Å². The van der Waals surface area contributed by atoms with Crippen molar-refractivity contribution in [2.45, 2.75) is 19.8 Å². The van der Waals surface area contributed by atoms with E-state index < -0.39 is 0 Å². The Morgan fingerprint density at radius 1 is 0.885 bits per heavy atom. The Labute approximate surface area is 165 Å². The monoisotopic (exact) mass is 397 g/mol. The third-order valence-corrected chi connectivity index (χ3v) is 4.14. The molecule has 0 amide bonds. The van der Waals surface area contributed by atoms with Gasteiger partial charge < -0.3 is 19.5 Å². The number of unbranched alkanes of at least 4 members (excludes halogenated alkanes) is 1. The molecule has 0 saturated heterocycles. The zero-order valence-electron chi connectivity index (χ0n) is 15.0. The van der Waals surface area contributed by atoms with E-state index >= 15 is 0 Å². The lowest BCUT2D eigenvalue weighted by Crippen LogP contribution is -2.07. The first-order valence-corrected chi connectivity index (χ1v) is 9.57. The minimum Gasteiger partial charge on any atom is -0.492 e. The number of hydrogen-bond donors (Lipinski definition) is 1. The summed E-state index contributed by atoms with van der Waals surface area (Å²) in [6.07, 6.45) is 1.93. The first kappa shape index (κ1) is 20.7. The van der Waals surface area contributed by atoms with Gasteiger partial charge in [-0.2, -0.15) is 0 Å². The molecule has 0 radical (unpaired) electrons. The van der Waals surface area contributed by atoms with Gasteiger partial charge in [0.2, 0.25) is 0 Å². The molecule has 0 bridgehead atoms. The van der Waals surface area contributed by atoms with Gasteiger partial charge in [0.05, 0.1) is 18.2 Å². The summed E-state index contributed by atoms with van der Waals surface area (Å²) in [5.41, 5.74) is 1.07. The summed E-state index contributed by atoms with van der Waals surface area (Å²) in [4.78, 5) is 0. The van der Waals surface area contributed by atoms with Crippen molar-refractivity contribution in [3.8, 4) is 11.5 Å². The molecule has 2 aromatic rings. The number of anilines is 1. The largest absolute Gasteiger partial charge is 0.492 e. The molecule has 6 heteroatoms. The van der Waals surface area contributed by atoms with E-state index in [-0.39, 0.29) is 0 Å². The van der Waals surface area contributed by atoms with Gasteiger partial charge in [-0.15, -0.1) is 0 Å². The van der Waals surface area contributed by atoms with Crippen LogP contribution in [0.15, 0.2) is 42.5 Å². The van der Waals surface area contributed by atoms with Crippen molar-refractivity contribution in [1.82, 2.24) is 0 Å². The van der Waals surface area contributed by atoms with E-state index in [1.807, 2.05) is 31.2 Å². The zero-order valence-corrected chi connectivity index (χ0v) is 16.5. The van der Waals surface area contributed by atoms with Crippen LogP contribution in [0.3, 0.4) is 0 Å². The van der Waals surface area contributed by atoms with E-state index in [0.29, 0.717) is 42.2 Å². The predicted molar refractivity (Wildman–Crippen MR) is 108 cm³/mol. The van der Waals surface area contributed by atoms with Gasteiger partial charge in [-0.05, 0) is 62.2 Å². The van der Waals surface area contributed by atoms with E-state index in [2.05, 4.69) is 5.32 Å². The normalized spacial score (nSPS) is 10.6. The van der Waals surface area contributed by atoms with E-state index in [9.17, 15) is 0 Å². The SMILES string of the molecule is CCOCCOc1ccc(NCCCCOc2ccc(Cl)cc2Cl)cc1. The quantitative estimate of drug-likeness (QED) is 0.467. The van der Waals surface area contributed by atoms with E-state index in [1.165, 1.54) is 0 Å².